The van der Waals surface area contributed by atoms with Crippen LogP contribution < -0.4 is 5.32 Å². The summed E-state index contributed by atoms with van der Waals surface area (Å²) >= 11 is 0. The SMILES string of the molecule is CCCn1nccc1NC(=O)CN1CCn2c(nnc2C2CC2)C1. The van der Waals surface area contributed by atoms with Gasteiger partial charge in [0.1, 0.15) is 17.5 Å². The van der Waals surface area contributed by atoms with Crippen molar-refractivity contribution in [2.45, 2.75) is 51.7 Å². The Balaban J connectivity index is 1.35. The van der Waals surface area contributed by atoms with Crippen LogP contribution in [0.5, 0.6) is 0 Å². The first-order valence-corrected chi connectivity index (χ1v) is 8.70. The Morgan fingerprint density at radius 3 is 3.00 bits per heavy atom. The Kier molecular flexibility index (Phi) is 4.05. The van der Waals surface area contributed by atoms with Crippen molar-refractivity contribution in [2.24, 2.45) is 0 Å². The van der Waals surface area contributed by atoms with E-state index in [1.807, 2.05) is 10.7 Å². The van der Waals surface area contributed by atoms with Gasteiger partial charge in [-0.1, -0.05) is 6.92 Å². The van der Waals surface area contributed by atoms with E-state index in [0.29, 0.717) is 19.0 Å². The molecule has 1 aliphatic heterocycles. The molecule has 1 fully saturated rings. The molecule has 0 atom stereocenters. The first kappa shape index (κ1) is 15.3. The van der Waals surface area contributed by atoms with Crippen molar-refractivity contribution < 1.29 is 4.79 Å². The first-order valence-electron chi connectivity index (χ1n) is 8.70. The molecule has 0 radical (unpaired) electrons. The molecule has 4 rings (SSSR count). The minimum atomic E-state index is -0.0109. The third kappa shape index (κ3) is 3.06. The molecular formula is C16H23N7O. The van der Waals surface area contributed by atoms with Gasteiger partial charge in [0.05, 0.1) is 19.3 Å². The maximum absolute atomic E-state index is 12.3. The predicted molar refractivity (Wildman–Crippen MR) is 88.4 cm³/mol. The van der Waals surface area contributed by atoms with Crippen LogP contribution in [0.3, 0.4) is 0 Å². The molecule has 8 nitrogen and oxygen atoms in total. The molecule has 128 valence electrons. The smallest absolute Gasteiger partial charge is 0.239 e. The van der Waals surface area contributed by atoms with E-state index < -0.39 is 0 Å². The van der Waals surface area contributed by atoms with E-state index >= 15 is 0 Å². The van der Waals surface area contributed by atoms with Crippen LogP contribution in [-0.2, 0) is 24.4 Å². The van der Waals surface area contributed by atoms with Crippen molar-refractivity contribution in [3.63, 3.8) is 0 Å². The molecule has 1 amide bonds. The van der Waals surface area contributed by atoms with Gasteiger partial charge in [-0.25, -0.2) is 4.68 Å². The number of aromatic nitrogens is 5. The first-order chi connectivity index (χ1) is 11.7. The van der Waals surface area contributed by atoms with Crippen LogP contribution in [0.2, 0.25) is 0 Å². The number of carbonyl (C=O) groups excluding carboxylic acids is 1. The fourth-order valence-electron chi connectivity index (χ4n) is 3.22. The Morgan fingerprint density at radius 2 is 2.21 bits per heavy atom. The van der Waals surface area contributed by atoms with Crippen molar-refractivity contribution in [3.8, 4) is 0 Å². The van der Waals surface area contributed by atoms with Crippen LogP contribution in [0.4, 0.5) is 5.82 Å². The molecule has 2 aromatic rings. The molecule has 0 aromatic carbocycles. The van der Waals surface area contributed by atoms with Gasteiger partial charge in [-0.3, -0.25) is 9.69 Å². The van der Waals surface area contributed by atoms with Gasteiger partial charge in [-0.05, 0) is 19.3 Å². The van der Waals surface area contributed by atoms with Crippen LogP contribution in [0.1, 0.15) is 43.8 Å². The van der Waals surface area contributed by atoms with E-state index in [4.69, 9.17) is 0 Å². The highest BCUT2D eigenvalue weighted by atomic mass is 16.2. The van der Waals surface area contributed by atoms with E-state index in [-0.39, 0.29) is 5.91 Å². The van der Waals surface area contributed by atoms with E-state index in [1.54, 1.807) is 6.20 Å². The molecule has 0 bridgehead atoms. The summed E-state index contributed by atoms with van der Waals surface area (Å²) in [6.07, 6.45) is 5.16. The van der Waals surface area contributed by atoms with Crippen molar-refractivity contribution in [2.75, 3.05) is 18.4 Å². The molecule has 1 N–H and O–H groups in total. The summed E-state index contributed by atoms with van der Waals surface area (Å²) < 4.78 is 4.06. The minimum Gasteiger partial charge on any atom is -0.312 e. The molecule has 0 saturated heterocycles. The normalized spacial score (nSPS) is 17.7. The number of fused-ring (bicyclic) bond motifs is 1. The molecule has 2 aliphatic rings. The summed E-state index contributed by atoms with van der Waals surface area (Å²) in [5.41, 5.74) is 0. The zero-order valence-corrected chi connectivity index (χ0v) is 14.0. The highest BCUT2D eigenvalue weighted by molar-refractivity contribution is 5.91. The lowest BCUT2D eigenvalue weighted by atomic mass is 10.3. The van der Waals surface area contributed by atoms with Crippen molar-refractivity contribution in [3.05, 3.63) is 23.9 Å². The van der Waals surface area contributed by atoms with Crippen molar-refractivity contribution in [1.82, 2.24) is 29.4 Å². The number of nitrogens with zero attached hydrogens (tertiary/aromatic N) is 6. The average molecular weight is 329 g/mol. The number of anilines is 1. The fourth-order valence-corrected chi connectivity index (χ4v) is 3.22. The number of carbonyl (C=O) groups is 1. The number of rotatable bonds is 6. The van der Waals surface area contributed by atoms with Crippen molar-refractivity contribution >= 4 is 11.7 Å². The van der Waals surface area contributed by atoms with Crippen LogP contribution in [0, 0.1) is 0 Å². The monoisotopic (exact) mass is 329 g/mol. The van der Waals surface area contributed by atoms with Gasteiger partial charge in [0, 0.05) is 31.6 Å². The zero-order chi connectivity index (χ0) is 16.5. The summed E-state index contributed by atoms with van der Waals surface area (Å²) in [5, 5.41) is 15.8. The summed E-state index contributed by atoms with van der Waals surface area (Å²) in [4.78, 5) is 14.5. The second kappa shape index (κ2) is 6.35. The highest BCUT2D eigenvalue weighted by Gasteiger charge is 2.32. The summed E-state index contributed by atoms with van der Waals surface area (Å²) in [5.74, 6) is 3.48. The molecule has 2 aromatic heterocycles. The Labute approximate surface area is 140 Å². The Morgan fingerprint density at radius 1 is 1.33 bits per heavy atom. The second-order valence-corrected chi connectivity index (χ2v) is 6.60. The standard InChI is InChI=1S/C16H23N7O/c1-2-7-23-13(5-6-17-23)18-15(24)11-21-8-9-22-14(10-21)19-20-16(22)12-3-4-12/h5-6,12H,2-4,7-11H2,1H3,(H,18,24). The number of hydrogen-bond acceptors (Lipinski definition) is 5. The summed E-state index contributed by atoms with van der Waals surface area (Å²) in [6, 6.07) is 1.84. The van der Waals surface area contributed by atoms with Gasteiger partial charge in [-0.15, -0.1) is 10.2 Å². The molecule has 1 aliphatic carbocycles. The number of nitrogens with one attached hydrogen (secondary N) is 1. The molecule has 1 saturated carbocycles. The van der Waals surface area contributed by atoms with E-state index in [9.17, 15) is 4.79 Å². The predicted octanol–water partition coefficient (Wildman–Crippen LogP) is 1.22. The van der Waals surface area contributed by atoms with Crippen LogP contribution in [-0.4, -0.2) is 48.4 Å². The highest BCUT2D eigenvalue weighted by Crippen LogP contribution is 2.39. The van der Waals surface area contributed by atoms with E-state index in [2.05, 4.69) is 37.0 Å². The molecule has 24 heavy (non-hydrogen) atoms. The number of amides is 1. The zero-order valence-electron chi connectivity index (χ0n) is 14.0. The van der Waals surface area contributed by atoms with Gasteiger partial charge in [-0.2, -0.15) is 5.10 Å². The average Bonchev–Trinajstić information content (AvgIpc) is 3.19. The van der Waals surface area contributed by atoms with Gasteiger partial charge >= 0.3 is 0 Å². The third-order valence-electron chi connectivity index (χ3n) is 4.59. The molecule has 0 spiro atoms. The van der Waals surface area contributed by atoms with Gasteiger partial charge in [0.15, 0.2) is 0 Å². The lowest BCUT2D eigenvalue weighted by Crippen LogP contribution is -2.39. The molecule has 8 heteroatoms. The second-order valence-electron chi connectivity index (χ2n) is 6.60. The molecular weight excluding hydrogens is 306 g/mol. The van der Waals surface area contributed by atoms with Crippen LogP contribution >= 0.6 is 0 Å². The number of hydrogen-bond donors (Lipinski definition) is 1. The van der Waals surface area contributed by atoms with Crippen LogP contribution in [0.15, 0.2) is 12.3 Å². The summed E-state index contributed by atoms with van der Waals surface area (Å²) in [6.45, 7) is 5.67. The fraction of sp³-hybridized carbons (Fsp3) is 0.625. The number of aryl methyl sites for hydroxylation is 1. The third-order valence-corrected chi connectivity index (χ3v) is 4.59. The largest absolute Gasteiger partial charge is 0.312 e. The van der Waals surface area contributed by atoms with E-state index in [0.717, 1.165) is 43.5 Å². The molecule has 3 heterocycles. The topological polar surface area (TPSA) is 80.9 Å². The Hall–Kier alpha value is -2.22. The van der Waals surface area contributed by atoms with Crippen LogP contribution in [0.25, 0.3) is 0 Å². The minimum absolute atomic E-state index is 0.0109. The summed E-state index contributed by atoms with van der Waals surface area (Å²) in [7, 11) is 0. The van der Waals surface area contributed by atoms with Crippen molar-refractivity contribution in [1.29, 1.82) is 0 Å². The van der Waals surface area contributed by atoms with E-state index in [1.165, 1.54) is 12.8 Å². The Bertz CT molecular complexity index is 731. The quantitative estimate of drug-likeness (QED) is 0.862. The van der Waals surface area contributed by atoms with Gasteiger partial charge in [0.25, 0.3) is 0 Å². The molecule has 0 unspecified atom stereocenters. The lowest BCUT2D eigenvalue weighted by Gasteiger charge is -2.27. The maximum atomic E-state index is 12.3. The maximum Gasteiger partial charge on any atom is 0.239 e. The lowest BCUT2D eigenvalue weighted by molar-refractivity contribution is -0.117. The van der Waals surface area contributed by atoms with Gasteiger partial charge in [0.2, 0.25) is 5.91 Å². The van der Waals surface area contributed by atoms with Gasteiger partial charge < -0.3 is 9.88 Å².